The lowest BCUT2D eigenvalue weighted by atomic mass is 9.97. The van der Waals surface area contributed by atoms with Crippen molar-refractivity contribution in [2.24, 2.45) is 5.73 Å². The van der Waals surface area contributed by atoms with Crippen LogP contribution in [0.4, 0.5) is 4.39 Å². The number of nitrogens with zero attached hydrogens (tertiary/aromatic N) is 2. The van der Waals surface area contributed by atoms with Crippen LogP contribution in [0.1, 0.15) is 24.6 Å². The Kier molecular flexibility index (Phi) is 2.97. The molecule has 1 aromatic carbocycles. The Hall–Kier alpha value is -1.95. The molecule has 0 aliphatic carbocycles. The summed E-state index contributed by atoms with van der Waals surface area (Å²) in [5, 5.41) is 0.251. The van der Waals surface area contributed by atoms with E-state index < -0.39 is 23.2 Å². The van der Waals surface area contributed by atoms with Crippen LogP contribution < -0.4 is 11.3 Å². The highest BCUT2D eigenvalue weighted by Gasteiger charge is 2.28. The molecular weight excluding hydrogens is 285 g/mol. The second-order valence-corrected chi connectivity index (χ2v) is 5.24. The number of halogens is 2. The molecule has 1 amide bonds. The van der Waals surface area contributed by atoms with Crippen LogP contribution >= 0.6 is 11.6 Å². The Balaban J connectivity index is 2.39. The van der Waals surface area contributed by atoms with Gasteiger partial charge in [-0.1, -0.05) is 11.6 Å². The molecule has 0 bridgehead atoms. The van der Waals surface area contributed by atoms with E-state index in [-0.39, 0.29) is 21.7 Å². The summed E-state index contributed by atoms with van der Waals surface area (Å²) in [4.78, 5) is 28.0. The number of carbonyl (C=O) groups excluding carboxylic acids is 1. The molecule has 0 radical (unpaired) electrons. The van der Waals surface area contributed by atoms with Gasteiger partial charge in [-0.05, 0) is 25.0 Å². The van der Waals surface area contributed by atoms with Crippen molar-refractivity contribution in [2.75, 3.05) is 0 Å². The number of hydrogen-bond acceptors (Lipinski definition) is 3. The van der Waals surface area contributed by atoms with Crippen molar-refractivity contribution in [3.8, 4) is 0 Å². The monoisotopic (exact) mass is 295 g/mol. The molecule has 2 heterocycles. The number of fused-ring (bicyclic) bond motifs is 2. The first-order chi connectivity index (χ1) is 9.49. The molecule has 0 spiro atoms. The molecule has 7 heteroatoms. The number of hydrogen-bond donors (Lipinski definition) is 1. The molecule has 0 saturated heterocycles. The van der Waals surface area contributed by atoms with Crippen LogP contribution in [0.3, 0.4) is 0 Å². The summed E-state index contributed by atoms with van der Waals surface area (Å²) in [6, 6.07) is 2.48. The molecule has 1 aliphatic heterocycles. The predicted octanol–water partition coefficient (Wildman–Crippen LogP) is 1.55. The minimum absolute atomic E-state index is 0.0706. The molecule has 0 saturated carbocycles. The number of amides is 1. The van der Waals surface area contributed by atoms with Crippen LogP contribution in [0.2, 0.25) is 5.02 Å². The molecule has 1 atom stereocenters. The van der Waals surface area contributed by atoms with Crippen molar-refractivity contribution < 1.29 is 9.18 Å². The summed E-state index contributed by atoms with van der Waals surface area (Å²) in [6.45, 7) is 0.440. The van der Waals surface area contributed by atoms with Gasteiger partial charge in [-0.15, -0.1) is 0 Å². The normalized spacial score (nSPS) is 18.0. The topological polar surface area (TPSA) is 78.0 Å². The third kappa shape index (κ3) is 1.87. The summed E-state index contributed by atoms with van der Waals surface area (Å²) in [6.07, 6.45) is 1.17. The van der Waals surface area contributed by atoms with Gasteiger partial charge in [0, 0.05) is 11.6 Å². The number of aromatic nitrogens is 2. The second-order valence-electron chi connectivity index (χ2n) is 4.81. The van der Waals surface area contributed by atoms with E-state index in [0.717, 1.165) is 6.07 Å². The zero-order chi connectivity index (χ0) is 14.4. The van der Waals surface area contributed by atoms with Crippen molar-refractivity contribution in [3.63, 3.8) is 0 Å². The van der Waals surface area contributed by atoms with E-state index >= 15 is 0 Å². The molecule has 1 aliphatic rings. The standard InChI is InChI=1S/C13H11ClFN3O2/c14-6-4-8-10(9(15)5-6)17-12-7(11(16)19)2-1-3-18(12)13(8)20/h4-5,7H,1-3H2,(H2,16,19). The highest BCUT2D eigenvalue weighted by Crippen LogP contribution is 2.27. The van der Waals surface area contributed by atoms with Crippen LogP contribution in [-0.2, 0) is 11.3 Å². The predicted molar refractivity (Wildman–Crippen MR) is 72.1 cm³/mol. The molecular formula is C13H11ClFN3O2. The summed E-state index contributed by atoms with van der Waals surface area (Å²) in [7, 11) is 0. The molecule has 1 aromatic heterocycles. The van der Waals surface area contributed by atoms with Crippen LogP contribution in [0.15, 0.2) is 16.9 Å². The fourth-order valence-electron chi connectivity index (χ4n) is 2.60. The van der Waals surface area contributed by atoms with E-state index in [4.69, 9.17) is 17.3 Å². The molecule has 3 rings (SSSR count). The minimum Gasteiger partial charge on any atom is -0.369 e. The molecule has 2 N–H and O–H groups in total. The summed E-state index contributed by atoms with van der Waals surface area (Å²) < 4.78 is 15.3. The number of carbonyl (C=O) groups is 1. The summed E-state index contributed by atoms with van der Waals surface area (Å²) in [5.74, 6) is -1.65. The molecule has 104 valence electrons. The van der Waals surface area contributed by atoms with E-state index in [1.165, 1.54) is 10.6 Å². The van der Waals surface area contributed by atoms with E-state index in [1.807, 2.05) is 0 Å². The minimum atomic E-state index is -0.679. The van der Waals surface area contributed by atoms with Crippen LogP contribution in [0, 0.1) is 5.82 Å². The van der Waals surface area contributed by atoms with Crippen molar-refractivity contribution in [2.45, 2.75) is 25.3 Å². The van der Waals surface area contributed by atoms with Crippen molar-refractivity contribution in [1.82, 2.24) is 9.55 Å². The van der Waals surface area contributed by atoms with Crippen LogP contribution in [0.25, 0.3) is 10.9 Å². The van der Waals surface area contributed by atoms with Gasteiger partial charge in [0.05, 0.1) is 11.3 Å². The Morgan fingerprint density at radius 1 is 1.50 bits per heavy atom. The molecule has 20 heavy (non-hydrogen) atoms. The largest absolute Gasteiger partial charge is 0.369 e. The van der Waals surface area contributed by atoms with Gasteiger partial charge in [0.15, 0.2) is 5.82 Å². The SMILES string of the molecule is NC(=O)C1CCCn2c1nc1c(F)cc(Cl)cc1c2=O. The maximum atomic E-state index is 13.9. The van der Waals surface area contributed by atoms with Gasteiger partial charge in [0.2, 0.25) is 5.91 Å². The first kappa shape index (κ1) is 13.1. The van der Waals surface area contributed by atoms with Gasteiger partial charge in [-0.2, -0.15) is 0 Å². The Morgan fingerprint density at radius 2 is 2.25 bits per heavy atom. The van der Waals surface area contributed by atoms with Crippen molar-refractivity contribution in [3.05, 3.63) is 39.2 Å². The number of benzene rings is 1. The smallest absolute Gasteiger partial charge is 0.261 e. The van der Waals surface area contributed by atoms with E-state index in [1.54, 1.807) is 0 Å². The molecule has 5 nitrogen and oxygen atoms in total. The highest BCUT2D eigenvalue weighted by molar-refractivity contribution is 6.31. The molecule has 1 unspecified atom stereocenters. The van der Waals surface area contributed by atoms with Gasteiger partial charge >= 0.3 is 0 Å². The summed E-state index contributed by atoms with van der Waals surface area (Å²) >= 11 is 5.77. The maximum absolute atomic E-state index is 13.9. The lowest BCUT2D eigenvalue weighted by Crippen LogP contribution is -2.35. The van der Waals surface area contributed by atoms with Crippen molar-refractivity contribution >= 4 is 28.4 Å². The maximum Gasteiger partial charge on any atom is 0.261 e. The first-order valence-corrected chi connectivity index (χ1v) is 6.55. The third-order valence-corrected chi connectivity index (χ3v) is 3.75. The van der Waals surface area contributed by atoms with Gasteiger partial charge in [0.1, 0.15) is 11.3 Å². The lowest BCUT2D eigenvalue weighted by molar-refractivity contribution is -0.120. The fourth-order valence-corrected chi connectivity index (χ4v) is 2.81. The summed E-state index contributed by atoms with van der Waals surface area (Å²) in [5.41, 5.74) is 4.87. The van der Waals surface area contributed by atoms with Gasteiger partial charge in [-0.25, -0.2) is 9.37 Å². The lowest BCUT2D eigenvalue weighted by Gasteiger charge is -2.24. The van der Waals surface area contributed by atoms with Gasteiger partial charge < -0.3 is 5.73 Å². The number of nitrogens with two attached hydrogens (primary N) is 1. The molecule has 2 aromatic rings. The van der Waals surface area contributed by atoms with Gasteiger partial charge in [0.25, 0.3) is 5.56 Å². The van der Waals surface area contributed by atoms with E-state index in [0.29, 0.717) is 19.4 Å². The fraction of sp³-hybridized carbons (Fsp3) is 0.308. The van der Waals surface area contributed by atoms with E-state index in [9.17, 15) is 14.0 Å². The molecule has 0 fully saturated rings. The first-order valence-electron chi connectivity index (χ1n) is 6.18. The third-order valence-electron chi connectivity index (χ3n) is 3.54. The second kappa shape index (κ2) is 4.56. The Bertz CT molecular complexity index is 787. The Morgan fingerprint density at radius 3 is 2.95 bits per heavy atom. The quantitative estimate of drug-likeness (QED) is 0.867. The van der Waals surface area contributed by atoms with Crippen LogP contribution in [0.5, 0.6) is 0 Å². The van der Waals surface area contributed by atoms with Crippen LogP contribution in [-0.4, -0.2) is 15.5 Å². The number of rotatable bonds is 1. The zero-order valence-electron chi connectivity index (χ0n) is 10.4. The average molecular weight is 296 g/mol. The zero-order valence-corrected chi connectivity index (χ0v) is 11.2. The Labute approximate surface area is 118 Å². The van der Waals surface area contributed by atoms with Crippen molar-refractivity contribution in [1.29, 1.82) is 0 Å². The van der Waals surface area contributed by atoms with Gasteiger partial charge in [-0.3, -0.25) is 14.2 Å². The number of primary amides is 1. The van der Waals surface area contributed by atoms with E-state index in [2.05, 4.69) is 4.98 Å². The highest BCUT2D eigenvalue weighted by atomic mass is 35.5. The average Bonchev–Trinajstić information content (AvgIpc) is 2.39.